The van der Waals surface area contributed by atoms with Gasteiger partial charge in [0.25, 0.3) is 11.1 Å². The Morgan fingerprint density at radius 2 is 1.00 bits per heavy atom. The summed E-state index contributed by atoms with van der Waals surface area (Å²) in [6.07, 6.45) is 2.45. The number of nitrogens with zero attached hydrogens (tertiary/aromatic N) is 2. The molecule has 0 amide bonds. The van der Waals surface area contributed by atoms with Gasteiger partial charge in [0, 0.05) is 50.4 Å². The molecule has 0 spiro atoms. The third-order valence-corrected chi connectivity index (χ3v) is 7.74. The van der Waals surface area contributed by atoms with E-state index in [1.165, 1.54) is 0 Å². The van der Waals surface area contributed by atoms with Gasteiger partial charge in [0.1, 0.15) is 11.4 Å². The third-order valence-electron chi connectivity index (χ3n) is 7.74. The van der Waals surface area contributed by atoms with E-state index in [0.717, 1.165) is 12.8 Å². The number of aromatic amines is 2. The highest BCUT2D eigenvalue weighted by molar-refractivity contribution is 6.28. The number of nitrogens with one attached hydrogen (secondary N) is 2. The fourth-order valence-corrected chi connectivity index (χ4v) is 5.82. The highest BCUT2D eigenvalue weighted by Gasteiger charge is 2.38. The Kier molecular flexibility index (Phi) is 8.04. The summed E-state index contributed by atoms with van der Waals surface area (Å²) >= 11 is 0. The molecule has 3 aliphatic rings. The lowest BCUT2D eigenvalue weighted by molar-refractivity contribution is 0.0338. The highest BCUT2D eigenvalue weighted by Crippen LogP contribution is 2.32. The molecule has 0 atom stereocenters. The van der Waals surface area contributed by atoms with Crippen molar-refractivity contribution in [2.24, 2.45) is 0 Å². The molecule has 2 aromatic heterocycles. The number of pyridine rings is 2. The first-order chi connectivity index (χ1) is 18.4. The molecule has 0 aromatic carbocycles. The number of hydrogen-bond acceptors (Lipinski definition) is 8. The number of fused-ring (bicyclic) bond motifs is 2. The smallest absolute Gasteiger partial charge is 0.253 e. The van der Waals surface area contributed by atoms with Crippen molar-refractivity contribution in [3.05, 3.63) is 65.5 Å². The molecule has 2 N–H and O–H groups in total. The van der Waals surface area contributed by atoms with Crippen LogP contribution in [-0.4, -0.2) is 83.9 Å². The van der Waals surface area contributed by atoms with Gasteiger partial charge in [-0.3, -0.25) is 29.0 Å². The van der Waals surface area contributed by atoms with Crippen molar-refractivity contribution in [2.45, 2.75) is 52.6 Å². The highest BCUT2D eigenvalue weighted by atomic mass is 16.5. The number of carbonyl (C=O) groups is 2. The Bertz CT molecular complexity index is 1250. The number of carbonyl (C=O) groups excluding carboxylic acids is 2. The number of ketones is 2. The van der Waals surface area contributed by atoms with E-state index in [1.807, 2.05) is 13.8 Å². The maximum atomic E-state index is 14.3. The lowest BCUT2D eigenvalue weighted by Gasteiger charge is -2.30. The van der Waals surface area contributed by atoms with Crippen LogP contribution in [-0.2, 0) is 35.4 Å². The zero-order chi connectivity index (χ0) is 26.8. The van der Waals surface area contributed by atoms with Crippen LogP contribution in [0.2, 0.25) is 0 Å². The van der Waals surface area contributed by atoms with E-state index in [9.17, 15) is 19.2 Å². The predicted octanol–water partition coefficient (Wildman–Crippen LogP) is 1.41. The number of H-pyrrole nitrogens is 2. The van der Waals surface area contributed by atoms with Gasteiger partial charge in [0.05, 0.1) is 37.6 Å². The number of rotatable bonds is 8. The van der Waals surface area contributed by atoms with Gasteiger partial charge in [-0.2, -0.15) is 0 Å². The average Bonchev–Trinajstić information content (AvgIpc) is 2.92. The zero-order valence-electron chi connectivity index (χ0n) is 22.2. The van der Waals surface area contributed by atoms with Gasteiger partial charge in [-0.1, -0.05) is 26.7 Å². The topological polar surface area (TPSA) is 125 Å². The van der Waals surface area contributed by atoms with Gasteiger partial charge in [-0.15, -0.1) is 0 Å². The number of ether oxygens (including phenoxy) is 2. The number of morpholine rings is 2. The van der Waals surface area contributed by atoms with E-state index in [4.69, 9.17) is 9.47 Å². The monoisotopic (exact) mass is 524 g/mol. The zero-order valence-corrected chi connectivity index (χ0v) is 22.2. The van der Waals surface area contributed by atoms with Gasteiger partial charge in [0.2, 0.25) is 5.78 Å². The summed E-state index contributed by atoms with van der Waals surface area (Å²) in [6.45, 7) is 9.95. The molecule has 10 heteroatoms. The minimum atomic E-state index is -0.505. The lowest BCUT2D eigenvalue weighted by Crippen LogP contribution is -2.40. The molecule has 2 saturated heterocycles. The Labute approximate surface area is 221 Å². The molecule has 0 radical (unpaired) electrons. The van der Waals surface area contributed by atoms with Crippen molar-refractivity contribution in [1.82, 2.24) is 19.8 Å². The van der Waals surface area contributed by atoms with Gasteiger partial charge in [-0.05, 0) is 24.0 Å². The van der Waals surface area contributed by atoms with Crippen LogP contribution in [0.25, 0.3) is 0 Å². The van der Waals surface area contributed by atoms with Gasteiger partial charge >= 0.3 is 0 Å². The fourth-order valence-electron chi connectivity index (χ4n) is 5.82. The Balaban J connectivity index is 1.65. The van der Waals surface area contributed by atoms with Crippen molar-refractivity contribution in [1.29, 1.82) is 0 Å². The molecule has 0 unspecified atom stereocenters. The summed E-state index contributed by atoms with van der Waals surface area (Å²) in [6, 6.07) is 0. The second-order valence-electron chi connectivity index (χ2n) is 10.3. The van der Waals surface area contributed by atoms with Crippen LogP contribution >= 0.6 is 0 Å². The maximum Gasteiger partial charge on any atom is 0.253 e. The molecule has 5 rings (SSSR count). The second kappa shape index (κ2) is 11.4. The Hall–Kier alpha value is -2.92. The molecule has 2 aromatic rings. The summed E-state index contributed by atoms with van der Waals surface area (Å²) in [4.78, 5) is 64.3. The van der Waals surface area contributed by atoms with Crippen LogP contribution in [0.3, 0.4) is 0 Å². The quantitative estimate of drug-likeness (QED) is 0.453. The summed E-state index contributed by atoms with van der Waals surface area (Å²) in [5.41, 5.74) is 2.19. The fraction of sp³-hybridized carbons (Fsp3) is 0.571. The standard InChI is InChI=1S/C28H36N4O6/c1-3-5-17-19(15-31-7-11-37-12-8-31)27(35)29-23-21(17)25(33)22-18(6-4-2)20(16-32-9-13-38-14-10-32)28(36)30-24(22)26(23)34/h3-16H2,1-2H3,(H,29,35)(H,30,36). The summed E-state index contributed by atoms with van der Waals surface area (Å²) in [7, 11) is 0. The normalized spacial score (nSPS) is 18.5. The summed E-state index contributed by atoms with van der Waals surface area (Å²) in [5.74, 6) is -0.796. The number of hydrogen-bond donors (Lipinski definition) is 2. The predicted molar refractivity (Wildman–Crippen MR) is 141 cm³/mol. The lowest BCUT2D eigenvalue weighted by atomic mass is 9.81. The van der Waals surface area contributed by atoms with Crippen LogP contribution in [0.15, 0.2) is 9.59 Å². The van der Waals surface area contributed by atoms with Crippen molar-refractivity contribution in [3.63, 3.8) is 0 Å². The first-order valence-corrected chi connectivity index (χ1v) is 13.7. The van der Waals surface area contributed by atoms with Crippen LogP contribution in [0, 0.1) is 0 Å². The average molecular weight is 525 g/mol. The van der Waals surface area contributed by atoms with E-state index >= 15 is 0 Å². The van der Waals surface area contributed by atoms with Gasteiger partial charge < -0.3 is 19.4 Å². The second-order valence-corrected chi connectivity index (χ2v) is 10.3. The van der Waals surface area contributed by atoms with Crippen LogP contribution in [0.1, 0.15) is 81.0 Å². The van der Waals surface area contributed by atoms with E-state index < -0.39 is 5.78 Å². The summed E-state index contributed by atoms with van der Waals surface area (Å²) in [5, 5.41) is 0. The molecule has 2 fully saturated rings. The summed E-state index contributed by atoms with van der Waals surface area (Å²) < 4.78 is 10.9. The molecule has 1 aliphatic carbocycles. The number of aromatic nitrogens is 2. The first-order valence-electron chi connectivity index (χ1n) is 13.7. The molecular weight excluding hydrogens is 488 g/mol. The van der Waals surface area contributed by atoms with E-state index in [-0.39, 0.29) is 39.4 Å². The van der Waals surface area contributed by atoms with Crippen LogP contribution < -0.4 is 11.1 Å². The van der Waals surface area contributed by atoms with E-state index in [0.29, 0.717) is 101 Å². The Morgan fingerprint density at radius 3 is 1.37 bits per heavy atom. The third kappa shape index (κ3) is 4.93. The molecule has 4 heterocycles. The first kappa shape index (κ1) is 26.7. The van der Waals surface area contributed by atoms with Crippen molar-refractivity contribution in [2.75, 3.05) is 52.6 Å². The molecule has 204 valence electrons. The molecule has 2 aliphatic heterocycles. The van der Waals surface area contributed by atoms with Crippen molar-refractivity contribution < 1.29 is 19.1 Å². The Morgan fingerprint density at radius 1 is 0.605 bits per heavy atom. The molecule has 0 bridgehead atoms. The van der Waals surface area contributed by atoms with Crippen LogP contribution in [0.4, 0.5) is 0 Å². The van der Waals surface area contributed by atoms with Crippen molar-refractivity contribution in [3.8, 4) is 0 Å². The SMILES string of the molecule is CCCc1c2c([nH]c(=O)c1CN1CCOCC1)C(=O)c1[nH]c(=O)c(CN3CCOCC3)c(CCC)c1C2=O. The minimum Gasteiger partial charge on any atom is -0.379 e. The van der Waals surface area contributed by atoms with Gasteiger partial charge in [0.15, 0.2) is 5.78 Å². The molecule has 0 saturated carbocycles. The molecular formula is C28H36N4O6. The molecule has 38 heavy (non-hydrogen) atoms. The van der Waals surface area contributed by atoms with Crippen LogP contribution in [0.5, 0.6) is 0 Å². The largest absolute Gasteiger partial charge is 0.379 e. The maximum absolute atomic E-state index is 14.3. The van der Waals surface area contributed by atoms with Gasteiger partial charge in [-0.25, -0.2) is 0 Å². The van der Waals surface area contributed by atoms with E-state index in [1.54, 1.807) is 0 Å². The van der Waals surface area contributed by atoms with E-state index in [2.05, 4.69) is 19.8 Å². The minimum absolute atomic E-state index is 0.0132. The molecule has 10 nitrogen and oxygen atoms in total. The van der Waals surface area contributed by atoms with Crippen molar-refractivity contribution >= 4 is 11.6 Å².